The van der Waals surface area contributed by atoms with E-state index in [-0.39, 0.29) is 36.0 Å². The number of aliphatic hydroxyl groups excluding tert-OH is 1. The Morgan fingerprint density at radius 2 is 1.55 bits per heavy atom. The van der Waals surface area contributed by atoms with Gasteiger partial charge in [0.25, 0.3) is 0 Å². The fourth-order valence-electron chi connectivity index (χ4n) is 2.91. The van der Waals surface area contributed by atoms with Crippen LogP contribution < -0.4 is 4.72 Å². The standard InChI is InChI=1S/C20H28N2O5S2/c1-4-18-15-20(10-7-17(18)3)28(24,25)21-11-12-22(13-14-23)29(26,27)19-8-5-16(2)6-9-19/h5-10,15,21,23H,4,11-14H2,1-3H3. The molecule has 0 aliphatic rings. The number of sulfonamides is 2. The maximum absolute atomic E-state index is 12.8. The summed E-state index contributed by atoms with van der Waals surface area (Å²) in [7, 11) is -7.61. The van der Waals surface area contributed by atoms with Gasteiger partial charge in [-0.2, -0.15) is 4.31 Å². The zero-order valence-electron chi connectivity index (χ0n) is 16.9. The molecule has 9 heteroatoms. The summed E-state index contributed by atoms with van der Waals surface area (Å²) in [6.07, 6.45) is 0.717. The van der Waals surface area contributed by atoms with Gasteiger partial charge in [0.2, 0.25) is 20.0 Å². The Labute approximate surface area is 173 Å². The van der Waals surface area contributed by atoms with E-state index in [1.807, 2.05) is 20.8 Å². The predicted octanol–water partition coefficient (Wildman–Crippen LogP) is 1.83. The van der Waals surface area contributed by atoms with Crippen molar-refractivity contribution < 1.29 is 21.9 Å². The molecule has 0 aliphatic heterocycles. The smallest absolute Gasteiger partial charge is 0.243 e. The first-order valence-electron chi connectivity index (χ1n) is 9.38. The molecule has 0 saturated heterocycles. The number of rotatable bonds is 10. The van der Waals surface area contributed by atoms with Gasteiger partial charge in [0.15, 0.2) is 0 Å². The van der Waals surface area contributed by atoms with E-state index in [1.54, 1.807) is 24.3 Å². The van der Waals surface area contributed by atoms with Crippen LogP contribution in [0.15, 0.2) is 52.3 Å². The van der Waals surface area contributed by atoms with Crippen LogP contribution in [0.4, 0.5) is 0 Å². The molecule has 2 aromatic rings. The molecule has 0 radical (unpaired) electrons. The number of aliphatic hydroxyl groups is 1. The second-order valence-corrected chi connectivity index (χ2v) is 10.5. The Morgan fingerprint density at radius 3 is 2.14 bits per heavy atom. The second kappa shape index (κ2) is 9.82. The summed E-state index contributed by atoms with van der Waals surface area (Å²) in [5, 5.41) is 9.27. The van der Waals surface area contributed by atoms with E-state index in [2.05, 4.69) is 4.72 Å². The molecule has 0 fully saturated rings. The summed E-state index contributed by atoms with van der Waals surface area (Å²) in [4.78, 5) is 0.251. The number of hydrogen-bond donors (Lipinski definition) is 2. The van der Waals surface area contributed by atoms with Gasteiger partial charge in [-0.3, -0.25) is 0 Å². The molecule has 0 bridgehead atoms. The van der Waals surface area contributed by atoms with Gasteiger partial charge in [-0.05, 0) is 55.7 Å². The highest BCUT2D eigenvalue weighted by Gasteiger charge is 2.24. The Morgan fingerprint density at radius 1 is 0.931 bits per heavy atom. The van der Waals surface area contributed by atoms with Gasteiger partial charge < -0.3 is 5.11 Å². The molecule has 160 valence electrons. The largest absolute Gasteiger partial charge is 0.395 e. The molecule has 0 saturated carbocycles. The summed E-state index contributed by atoms with van der Waals surface area (Å²) in [6, 6.07) is 11.3. The summed E-state index contributed by atoms with van der Waals surface area (Å²) in [5.41, 5.74) is 2.89. The Bertz CT molecular complexity index is 1030. The average molecular weight is 441 g/mol. The van der Waals surface area contributed by atoms with Crippen LogP contribution in [0.1, 0.15) is 23.6 Å². The molecule has 2 rings (SSSR count). The van der Waals surface area contributed by atoms with Crippen LogP contribution in [0.5, 0.6) is 0 Å². The van der Waals surface area contributed by atoms with Crippen molar-refractivity contribution in [3.8, 4) is 0 Å². The van der Waals surface area contributed by atoms with Crippen molar-refractivity contribution in [2.24, 2.45) is 0 Å². The minimum absolute atomic E-state index is 0.0947. The fraction of sp³-hybridized carbons (Fsp3) is 0.400. The number of benzene rings is 2. The third-order valence-electron chi connectivity index (χ3n) is 4.67. The first-order chi connectivity index (χ1) is 13.6. The van der Waals surface area contributed by atoms with Gasteiger partial charge in [0, 0.05) is 19.6 Å². The molecule has 7 nitrogen and oxygen atoms in total. The third kappa shape index (κ3) is 5.86. The Balaban J connectivity index is 2.13. The van der Waals surface area contributed by atoms with Crippen molar-refractivity contribution in [3.05, 3.63) is 59.2 Å². The van der Waals surface area contributed by atoms with Crippen molar-refractivity contribution in [2.75, 3.05) is 26.2 Å². The van der Waals surface area contributed by atoms with E-state index >= 15 is 0 Å². The number of nitrogens with one attached hydrogen (secondary N) is 1. The molecule has 0 spiro atoms. The highest BCUT2D eigenvalue weighted by molar-refractivity contribution is 7.89. The van der Waals surface area contributed by atoms with Gasteiger partial charge in [0.05, 0.1) is 16.4 Å². The number of aryl methyl sites for hydroxylation is 3. The number of nitrogens with zero attached hydrogens (tertiary/aromatic N) is 1. The fourth-order valence-corrected chi connectivity index (χ4v) is 5.41. The van der Waals surface area contributed by atoms with Crippen molar-refractivity contribution in [1.82, 2.24) is 9.03 Å². The van der Waals surface area contributed by atoms with Gasteiger partial charge in [-0.25, -0.2) is 21.6 Å². The molecule has 0 atom stereocenters. The highest BCUT2D eigenvalue weighted by Crippen LogP contribution is 2.17. The molecule has 2 aromatic carbocycles. The van der Waals surface area contributed by atoms with Crippen LogP contribution in [0, 0.1) is 13.8 Å². The summed E-state index contributed by atoms with van der Waals surface area (Å²) < 4.78 is 54.3. The lowest BCUT2D eigenvalue weighted by Gasteiger charge is -2.21. The molecule has 29 heavy (non-hydrogen) atoms. The molecule has 0 amide bonds. The van der Waals surface area contributed by atoms with Crippen LogP contribution in [0.3, 0.4) is 0 Å². The maximum Gasteiger partial charge on any atom is 0.243 e. The lowest BCUT2D eigenvalue weighted by Crippen LogP contribution is -2.40. The van der Waals surface area contributed by atoms with E-state index < -0.39 is 20.0 Å². The van der Waals surface area contributed by atoms with E-state index in [1.165, 1.54) is 18.2 Å². The van der Waals surface area contributed by atoms with Crippen molar-refractivity contribution >= 4 is 20.0 Å². The van der Waals surface area contributed by atoms with Crippen LogP contribution in [-0.4, -0.2) is 52.5 Å². The van der Waals surface area contributed by atoms with Crippen LogP contribution in [-0.2, 0) is 26.5 Å². The summed E-state index contributed by atoms with van der Waals surface area (Å²) >= 11 is 0. The van der Waals surface area contributed by atoms with E-state index in [0.717, 1.165) is 21.0 Å². The molecule has 0 heterocycles. The lowest BCUT2D eigenvalue weighted by molar-refractivity contribution is 0.254. The molecule has 0 aliphatic carbocycles. The molecular formula is C20H28N2O5S2. The van der Waals surface area contributed by atoms with E-state index in [0.29, 0.717) is 6.42 Å². The van der Waals surface area contributed by atoms with E-state index in [9.17, 15) is 21.9 Å². The predicted molar refractivity (Wildman–Crippen MR) is 113 cm³/mol. The number of hydrogen-bond acceptors (Lipinski definition) is 5. The van der Waals surface area contributed by atoms with Gasteiger partial charge in [0.1, 0.15) is 0 Å². The average Bonchev–Trinajstić information content (AvgIpc) is 2.67. The Hall–Kier alpha value is -1.78. The van der Waals surface area contributed by atoms with Crippen molar-refractivity contribution in [2.45, 2.75) is 37.0 Å². The maximum atomic E-state index is 12.8. The normalized spacial score (nSPS) is 12.4. The second-order valence-electron chi connectivity index (χ2n) is 6.78. The Kier molecular flexibility index (Phi) is 7.95. The van der Waals surface area contributed by atoms with Crippen LogP contribution in [0.2, 0.25) is 0 Å². The van der Waals surface area contributed by atoms with E-state index in [4.69, 9.17) is 0 Å². The first-order valence-corrected chi connectivity index (χ1v) is 12.3. The minimum atomic E-state index is -3.84. The zero-order valence-corrected chi connectivity index (χ0v) is 18.6. The molecule has 0 aromatic heterocycles. The third-order valence-corrected chi connectivity index (χ3v) is 8.04. The van der Waals surface area contributed by atoms with Crippen molar-refractivity contribution in [3.63, 3.8) is 0 Å². The van der Waals surface area contributed by atoms with Crippen LogP contribution >= 0.6 is 0 Å². The SMILES string of the molecule is CCc1cc(S(=O)(=O)NCCN(CCO)S(=O)(=O)c2ccc(C)cc2)ccc1C. The minimum Gasteiger partial charge on any atom is -0.395 e. The molecular weight excluding hydrogens is 412 g/mol. The monoisotopic (exact) mass is 440 g/mol. The zero-order chi connectivity index (χ0) is 21.7. The molecule has 0 unspecified atom stereocenters. The first kappa shape index (κ1) is 23.5. The molecule has 2 N–H and O–H groups in total. The van der Waals surface area contributed by atoms with Crippen LogP contribution in [0.25, 0.3) is 0 Å². The topological polar surface area (TPSA) is 104 Å². The lowest BCUT2D eigenvalue weighted by atomic mass is 10.1. The van der Waals surface area contributed by atoms with Gasteiger partial charge in [-0.15, -0.1) is 0 Å². The summed E-state index contributed by atoms with van der Waals surface area (Å²) in [6.45, 7) is 5.04. The summed E-state index contributed by atoms with van der Waals surface area (Å²) in [5.74, 6) is 0. The quantitative estimate of drug-likeness (QED) is 0.587. The highest BCUT2D eigenvalue weighted by atomic mass is 32.2. The van der Waals surface area contributed by atoms with Gasteiger partial charge >= 0.3 is 0 Å². The van der Waals surface area contributed by atoms with Gasteiger partial charge in [-0.1, -0.05) is 30.7 Å². The van der Waals surface area contributed by atoms with Crippen molar-refractivity contribution in [1.29, 1.82) is 0 Å².